The summed E-state index contributed by atoms with van der Waals surface area (Å²) in [5, 5.41) is 65.2. The number of imidazole rings is 1. The van der Waals surface area contributed by atoms with Crippen LogP contribution in [0.25, 0.3) is 10.9 Å². The zero-order chi connectivity index (χ0) is 89.5. The van der Waals surface area contributed by atoms with Crippen molar-refractivity contribution in [3.05, 3.63) is 54.2 Å². The van der Waals surface area contributed by atoms with E-state index < -0.39 is 206 Å². The lowest BCUT2D eigenvalue weighted by Crippen LogP contribution is -2.62. The molecule has 0 spiro atoms. The Bertz CT molecular complexity index is 4120. The number of primary amides is 1. The van der Waals surface area contributed by atoms with Gasteiger partial charge in [-0.2, -0.15) is 24.4 Å². The molecule has 37 nitrogen and oxygen atoms in total. The van der Waals surface area contributed by atoms with Crippen LogP contribution < -0.4 is 75.3 Å². The number of nitrogens with zero attached hydrogens (tertiary/aromatic N) is 3. The van der Waals surface area contributed by atoms with E-state index in [4.69, 9.17) is 11.5 Å². The van der Waals surface area contributed by atoms with Crippen molar-refractivity contribution >= 4 is 124 Å². The number of aromatic amines is 2. The number of thiol groups is 1. The Kier molecular flexibility index (Phi) is 37.4. The normalized spacial score (nSPS) is 23.5. The molecule has 2 heterocycles. The van der Waals surface area contributed by atoms with Crippen LogP contribution in [0.2, 0.25) is 0 Å². The molecule has 2 aromatic heterocycles. The Morgan fingerprint density at radius 3 is 1.89 bits per heavy atom. The molecule has 39 heteroatoms. The third kappa shape index (κ3) is 27.1. The van der Waals surface area contributed by atoms with Gasteiger partial charge in [-0.1, -0.05) is 66.7 Å². The number of para-hydroxylation sites is 1. The van der Waals surface area contributed by atoms with Gasteiger partial charge in [-0.15, -0.1) is 0 Å². The molecule has 4 saturated carbocycles. The van der Waals surface area contributed by atoms with Gasteiger partial charge in [0.15, 0.2) is 0 Å². The van der Waals surface area contributed by atoms with E-state index in [0.717, 1.165) is 37.0 Å². The first kappa shape index (κ1) is 98.8. The predicted octanol–water partition coefficient (Wildman–Crippen LogP) is -1.71. The zero-order valence-electron chi connectivity index (χ0n) is 71.5. The average Bonchev–Trinajstić information content (AvgIpc) is 1.65. The van der Waals surface area contributed by atoms with Gasteiger partial charge in [0.2, 0.25) is 82.7 Å². The third-order valence-corrected chi connectivity index (χ3v) is 25.7. The predicted molar refractivity (Wildman–Crippen MR) is 453 cm³/mol. The van der Waals surface area contributed by atoms with E-state index in [0.29, 0.717) is 47.2 Å². The van der Waals surface area contributed by atoms with Gasteiger partial charge in [0.25, 0.3) is 5.91 Å². The molecule has 0 radical (unpaired) electrons. The number of aliphatic hydroxyl groups excluding tert-OH is 3. The second-order valence-corrected chi connectivity index (χ2v) is 35.9. The lowest BCUT2D eigenvalue weighted by atomic mass is 9.43. The topological polar surface area (TPSA) is 564 Å². The van der Waals surface area contributed by atoms with Gasteiger partial charge in [-0.25, -0.2) is 4.98 Å². The number of nitrogens with one attached hydrogen (secondary N) is 14. The largest absolute Gasteiger partial charge is 0.394 e. The standard InChI is InChI=1S/C82H129N19O18S2/c1-42(2)27-58(76(115)95-57(24-26-121-12)80(119)101(41-90-46(7)103)69(110)22-17-44(5)52-18-19-53-70-54(32-64(105)82(52,53)9)81(8)25-23-49(83)29-48(81)30-63(70)104)96-77(116)60(31-50-34-85-40-89-50)93-67(108)36-88-79(118)71(43(3)4)99-72(111)45(6)91-75(114)59(28-47-33-86-55-16-14-13-15-51(47)55)97-74(113)56(20-21-65(84)106)92-66(107)35-87-73(112)62(39-120)98-78(117)61(38-102)94-68(109)37-100(10)11/h13-16,33-34,40,42-45,48-49,52-54,56-64,70-71,86,102,104-105,120H,17-32,35-39,41,83H2,1-12H3,(H2,84,106)(H,85,89)(H,87,112)(H,88,118)(H,90,103)(H,91,114)(H,92,107)(H,93,108)(H,94,109)(H,95,115)(H,96,116)(H,97,113)(H,98,117)(H,99,111)/t44-,45+,48+,49+,52-,53?,54?,56+,57+,58+,59+,60+,61+,62+,63-,64+,70?,71+,81+,82-/m1/s1. The maximum atomic E-state index is 14.9. The number of nitrogens with two attached hydrogens (primary N) is 2. The molecule has 0 saturated heterocycles. The van der Waals surface area contributed by atoms with Gasteiger partial charge in [-0.05, 0) is 173 Å². The lowest BCUT2D eigenvalue weighted by molar-refractivity contribution is -0.202. The molecule has 4 fully saturated rings. The number of hydrogen-bond acceptors (Lipinski definition) is 23. The number of aromatic nitrogens is 3. The third-order valence-electron chi connectivity index (χ3n) is 24.7. The first-order valence-electron chi connectivity index (χ1n) is 41.8. The number of aliphatic hydroxyl groups is 3. The first-order chi connectivity index (χ1) is 57.1. The Labute approximate surface area is 716 Å². The van der Waals surface area contributed by atoms with E-state index in [1.165, 1.54) is 43.0 Å². The second kappa shape index (κ2) is 45.7. The van der Waals surface area contributed by atoms with Gasteiger partial charge in [0, 0.05) is 67.7 Å². The molecular weight excluding hydrogens is 1600 g/mol. The number of benzene rings is 1. The molecule has 4 aliphatic carbocycles. The van der Waals surface area contributed by atoms with Crippen molar-refractivity contribution < 1.29 is 87.2 Å². The number of rotatable bonds is 45. The second-order valence-electron chi connectivity index (χ2n) is 34.5. The minimum atomic E-state index is -1.57. The number of fused-ring (bicyclic) bond motifs is 6. The Morgan fingerprint density at radius 1 is 0.653 bits per heavy atom. The number of carbonyl (C=O) groups is 15. The summed E-state index contributed by atoms with van der Waals surface area (Å²) >= 11 is 5.51. The Morgan fingerprint density at radius 2 is 1.26 bits per heavy atom. The van der Waals surface area contributed by atoms with E-state index in [2.05, 4.69) is 112 Å². The van der Waals surface area contributed by atoms with E-state index in [1.54, 1.807) is 78.5 Å². The van der Waals surface area contributed by atoms with Gasteiger partial charge >= 0.3 is 0 Å². The van der Waals surface area contributed by atoms with Crippen molar-refractivity contribution in [2.45, 2.75) is 231 Å². The fourth-order valence-electron chi connectivity index (χ4n) is 18.1. The quantitative estimate of drug-likeness (QED) is 0.0221. The van der Waals surface area contributed by atoms with Gasteiger partial charge in [0.1, 0.15) is 61.0 Å². The SMILES string of the molecule is CSCC[C@H](NC(=O)[C@H](CC(C)C)NC(=O)[C@H](Cc1c[nH]cn1)NC(=O)CNC(=O)[C@@H](NC(=O)[C@H](C)NC(=O)[C@H](Cc1c[nH]c2ccccc12)NC(=O)[C@H](CCC(N)=O)NC(=O)CNC(=O)[C@H](CS)NC(=O)[C@H](CO)NC(=O)CN(C)C)C(C)C)C(=O)N(CNC(C)=O)C(=O)CC[C@@H](C)[C@H]1CCC2C3C(C[C@H](O)[C@@]21C)[C@@]1(C)CC[C@H](N)C[C@H]1C[C@H]3O. The number of amides is 15. The van der Waals surface area contributed by atoms with E-state index in [-0.39, 0.29) is 97.3 Å². The molecule has 15 amide bonds. The van der Waals surface area contributed by atoms with Crippen LogP contribution in [-0.2, 0) is 84.8 Å². The van der Waals surface area contributed by atoms with Crippen molar-refractivity contribution in [2.75, 3.05) is 64.8 Å². The van der Waals surface area contributed by atoms with Crippen molar-refractivity contribution in [1.82, 2.24) is 88.6 Å². The fourth-order valence-corrected chi connectivity index (χ4v) is 18.8. The minimum absolute atomic E-state index is 0.00559. The smallest absolute Gasteiger partial charge is 0.253 e. The summed E-state index contributed by atoms with van der Waals surface area (Å²) in [5.74, 6) is -12.8. The highest BCUT2D eigenvalue weighted by atomic mass is 32.2. The summed E-state index contributed by atoms with van der Waals surface area (Å²) in [7, 11) is 3.22. The van der Waals surface area contributed by atoms with E-state index in [9.17, 15) is 87.2 Å². The van der Waals surface area contributed by atoms with Crippen LogP contribution in [-0.4, -0.2) is 266 Å². The van der Waals surface area contributed by atoms with Gasteiger partial charge in [-0.3, -0.25) is 76.8 Å². The summed E-state index contributed by atoms with van der Waals surface area (Å²) in [6.07, 6.45) is 9.70. The average molecular weight is 1730 g/mol. The fraction of sp³-hybridized carbons (Fsp3) is 0.683. The van der Waals surface area contributed by atoms with Crippen LogP contribution in [0, 0.1) is 58.2 Å². The molecule has 672 valence electrons. The summed E-state index contributed by atoms with van der Waals surface area (Å²) in [6, 6.07) is -5.68. The van der Waals surface area contributed by atoms with Crippen molar-refractivity contribution in [1.29, 1.82) is 0 Å². The molecule has 3 unspecified atom stereocenters. The molecule has 20 atom stereocenters. The highest BCUT2D eigenvalue weighted by Gasteiger charge is 2.66. The molecule has 21 N–H and O–H groups in total. The maximum Gasteiger partial charge on any atom is 0.253 e. The molecule has 0 bridgehead atoms. The number of H-pyrrole nitrogens is 2. The lowest BCUT2D eigenvalue weighted by Gasteiger charge is -2.63. The van der Waals surface area contributed by atoms with Crippen molar-refractivity contribution in [3.8, 4) is 0 Å². The molecule has 0 aliphatic heterocycles. The molecular formula is C82H129N19O18S2. The molecule has 121 heavy (non-hydrogen) atoms. The number of carbonyl (C=O) groups excluding carboxylic acids is 15. The highest BCUT2D eigenvalue weighted by molar-refractivity contribution is 7.98. The van der Waals surface area contributed by atoms with Crippen molar-refractivity contribution in [2.24, 2.45) is 69.6 Å². The Hall–Kier alpha value is -9.28. The van der Waals surface area contributed by atoms with Crippen LogP contribution in [0.3, 0.4) is 0 Å². The van der Waals surface area contributed by atoms with E-state index in [1.807, 2.05) is 0 Å². The summed E-state index contributed by atoms with van der Waals surface area (Å²) < 4.78 is 0. The van der Waals surface area contributed by atoms with Gasteiger partial charge < -0.3 is 105 Å². The molecule has 7 rings (SSSR count). The van der Waals surface area contributed by atoms with E-state index >= 15 is 0 Å². The zero-order valence-corrected chi connectivity index (χ0v) is 73.2. The number of hydrogen-bond donors (Lipinski definition) is 20. The molecule has 4 aliphatic rings. The van der Waals surface area contributed by atoms with Crippen LogP contribution in [0.5, 0.6) is 0 Å². The summed E-state index contributed by atoms with van der Waals surface area (Å²) in [4.78, 5) is 219. The van der Waals surface area contributed by atoms with Crippen LogP contribution in [0.15, 0.2) is 43.0 Å². The first-order valence-corrected chi connectivity index (χ1v) is 43.8. The molecule has 3 aromatic rings. The van der Waals surface area contributed by atoms with Gasteiger partial charge in [0.05, 0.1) is 50.5 Å². The monoisotopic (exact) mass is 1730 g/mol. The Balaban J connectivity index is 0.977. The van der Waals surface area contributed by atoms with Crippen molar-refractivity contribution in [3.63, 3.8) is 0 Å². The van der Waals surface area contributed by atoms with Crippen LogP contribution in [0.1, 0.15) is 157 Å². The number of thioether (sulfide) groups is 1. The minimum Gasteiger partial charge on any atom is -0.394 e. The maximum absolute atomic E-state index is 14.9. The highest BCUT2D eigenvalue weighted by Crippen LogP contribution is 2.68. The van der Waals surface area contributed by atoms with Crippen LogP contribution >= 0.6 is 24.4 Å². The number of likely N-dealkylation sites (N-methyl/N-ethyl adjacent to an activating group) is 1. The number of imide groups is 1. The summed E-state index contributed by atoms with van der Waals surface area (Å²) in [5.41, 5.74) is 12.9. The summed E-state index contributed by atoms with van der Waals surface area (Å²) in [6.45, 7) is 12.9. The van der Waals surface area contributed by atoms with Crippen LogP contribution in [0.4, 0.5) is 0 Å². The molecule has 1 aromatic carbocycles.